The van der Waals surface area contributed by atoms with Crippen LogP contribution in [-0.4, -0.2) is 59.8 Å². The van der Waals surface area contributed by atoms with Gasteiger partial charge in [-0.05, 0) is 24.6 Å². The molecule has 4 N–H and O–H groups in total. The van der Waals surface area contributed by atoms with Gasteiger partial charge in [0.1, 0.15) is 30.5 Å². The molecule has 148 valence electrons. The molecule has 5 atom stereocenters. The zero-order chi connectivity index (χ0) is 19.8. The molecule has 1 aromatic carbocycles. The molecule has 4 rings (SSSR count). The second kappa shape index (κ2) is 7.40. The predicted octanol–water partition coefficient (Wildman–Crippen LogP) is 0.750. The summed E-state index contributed by atoms with van der Waals surface area (Å²) in [5.41, 5.74) is 1.73. The maximum absolute atomic E-state index is 13.1. The minimum atomic E-state index is -1.24. The van der Waals surface area contributed by atoms with E-state index in [9.17, 15) is 19.7 Å². The number of aliphatic hydroxyl groups excluding tert-OH is 3. The summed E-state index contributed by atoms with van der Waals surface area (Å²) in [7, 11) is 0. The molecule has 2 aromatic heterocycles. The van der Waals surface area contributed by atoms with Gasteiger partial charge >= 0.3 is 0 Å². The zero-order valence-electron chi connectivity index (χ0n) is 15.0. The molecule has 28 heavy (non-hydrogen) atoms. The smallest absolute Gasteiger partial charge is 0.167 e. The summed E-state index contributed by atoms with van der Waals surface area (Å²) in [5, 5.41) is 32.7. The Bertz CT molecular complexity index is 966. The van der Waals surface area contributed by atoms with E-state index >= 15 is 0 Å². The van der Waals surface area contributed by atoms with Crippen LogP contribution in [-0.2, 0) is 4.74 Å². The number of halogens is 1. The summed E-state index contributed by atoms with van der Waals surface area (Å²) >= 11 is 0. The Morgan fingerprint density at radius 1 is 1.18 bits per heavy atom. The summed E-state index contributed by atoms with van der Waals surface area (Å²) in [6.07, 6.45) is -1.50. The fourth-order valence-electron chi connectivity index (χ4n) is 3.29. The van der Waals surface area contributed by atoms with Crippen molar-refractivity contribution in [2.45, 2.75) is 37.5 Å². The minimum Gasteiger partial charge on any atom is -0.394 e. The van der Waals surface area contributed by atoms with Crippen LogP contribution in [0.4, 0.5) is 10.2 Å². The van der Waals surface area contributed by atoms with Crippen LogP contribution < -0.4 is 5.32 Å². The van der Waals surface area contributed by atoms with E-state index in [1.165, 1.54) is 29.4 Å². The molecular formula is C18H20FN5O4. The molecule has 0 spiro atoms. The van der Waals surface area contributed by atoms with Crippen molar-refractivity contribution >= 4 is 17.0 Å². The quantitative estimate of drug-likeness (QED) is 0.504. The van der Waals surface area contributed by atoms with Gasteiger partial charge < -0.3 is 25.4 Å². The van der Waals surface area contributed by atoms with Gasteiger partial charge in [0.05, 0.1) is 19.0 Å². The molecule has 9 nitrogen and oxygen atoms in total. The fourth-order valence-corrected chi connectivity index (χ4v) is 3.29. The lowest BCUT2D eigenvalue weighted by molar-refractivity contribution is -0.0511. The maximum Gasteiger partial charge on any atom is 0.167 e. The SMILES string of the molecule is C[C@@H](Nc1ncnc2c1ncn2C1OC(CO)C(O)C1O)c1ccc(F)cc1. The summed E-state index contributed by atoms with van der Waals surface area (Å²) in [4.78, 5) is 12.8. The van der Waals surface area contributed by atoms with Gasteiger partial charge in [0, 0.05) is 0 Å². The monoisotopic (exact) mass is 389 g/mol. The van der Waals surface area contributed by atoms with E-state index in [0.717, 1.165) is 5.56 Å². The third-order valence-corrected chi connectivity index (χ3v) is 4.87. The number of benzene rings is 1. The molecule has 0 aliphatic carbocycles. The summed E-state index contributed by atoms with van der Waals surface area (Å²) in [5.74, 6) is 0.157. The molecule has 1 saturated heterocycles. The molecule has 1 aliphatic heterocycles. The Balaban J connectivity index is 1.63. The van der Waals surface area contributed by atoms with Crippen LogP contribution in [0.5, 0.6) is 0 Å². The van der Waals surface area contributed by atoms with Crippen LogP contribution in [0.3, 0.4) is 0 Å². The second-order valence-electron chi connectivity index (χ2n) is 6.69. The number of nitrogens with zero attached hydrogens (tertiary/aromatic N) is 4. The summed E-state index contributed by atoms with van der Waals surface area (Å²) in [6.45, 7) is 1.49. The van der Waals surface area contributed by atoms with Crippen molar-refractivity contribution in [3.05, 3.63) is 48.3 Å². The standard InChI is InChI=1S/C18H20FN5O4/c1-9(10-2-4-11(19)5-3-10)23-16-13-17(21-7-20-16)24(8-22-13)18-15(27)14(26)12(6-25)28-18/h2-5,7-9,12,14-15,18,25-27H,6H2,1H3,(H,20,21,23)/t9-,12?,14?,15?,18?/m1/s1. The third kappa shape index (κ3) is 3.20. The Morgan fingerprint density at radius 3 is 2.61 bits per heavy atom. The number of hydrogen-bond donors (Lipinski definition) is 4. The lowest BCUT2D eigenvalue weighted by Gasteiger charge is -2.17. The second-order valence-corrected chi connectivity index (χ2v) is 6.69. The first-order chi connectivity index (χ1) is 13.5. The van der Waals surface area contributed by atoms with Gasteiger partial charge in [-0.1, -0.05) is 12.1 Å². The normalized spacial score (nSPS) is 25.9. The molecule has 4 unspecified atom stereocenters. The zero-order valence-corrected chi connectivity index (χ0v) is 15.0. The van der Waals surface area contributed by atoms with Crippen molar-refractivity contribution in [3.63, 3.8) is 0 Å². The van der Waals surface area contributed by atoms with E-state index in [-0.39, 0.29) is 11.9 Å². The number of fused-ring (bicyclic) bond motifs is 1. The average Bonchev–Trinajstić information content (AvgIpc) is 3.24. The number of hydrogen-bond acceptors (Lipinski definition) is 8. The van der Waals surface area contributed by atoms with Crippen molar-refractivity contribution in [3.8, 4) is 0 Å². The first-order valence-electron chi connectivity index (χ1n) is 8.81. The topological polar surface area (TPSA) is 126 Å². The van der Waals surface area contributed by atoms with Gasteiger partial charge in [0.25, 0.3) is 0 Å². The molecule has 10 heteroatoms. The average molecular weight is 389 g/mol. The van der Waals surface area contributed by atoms with Crippen molar-refractivity contribution in [2.75, 3.05) is 11.9 Å². The van der Waals surface area contributed by atoms with Crippen LogP contribution in [0, 0.1) is 5.82 Å². The fraction of sp³-hybridized carbons (Fsp3) is 0.389. The Hall–Kier alpha value is -2.66. The molecule has 1 aliphatic rings. The van der Waals surface area contributed by atoms with Gasteiger partial charge in [-0.3, -0.25) is 4.57 Å². The van der Waals surface area contributed by atoms with Gasteiger partial charge in [0.15, 0.2) is 23.2 Å². The van der Waals surface area contributed by atoms with E-state index in [1.54, 1.807) is 12.1 Å². The number of aromatic nitrogens is 4. The van der Waals surface area contributed by atoms with Crippen molar-refractivity contribution < 1.29 is 24.4 Å². The highest BCUT2D eigenvalue weighted by molar-refractivity contribution is 5.82. The number of imidazole rings is 1. The lowest BCUT2D eigenvalue weighted by atomic mass is 10.1. The molecule has 0 radical (unpaired) electrons. The van der Waals surface area contributed by atoms with E-state index in [4.69, 9.17) is 4.74 Å². The number of rotatable bonds is 5. The first kappa shape index (κ1) is 18.7. The molecule has 3 heterocycles. The summed E-state index contributed by atoms with van der Waals surface area (Å²) < 4.78 is 20.2. The van der Waals surface area contributed by atoms with Gasteiger partial charge in [-0.15, -0.1) is 0 Å². The highest BCUT2D eigenvalue weighted by Crippen LogP contribution is 2.32. The molecule has 0 amide bonds. The van der Waals surface area contributed by atoms with E-state index in [2.05, 4.69) is 20.3 Å². The van der Waals surface area contributed by atoms with Crippen LogP contribution in [0.15, 0.2) is 36.9 Å². The highest BCUT2D eigenvalue weighted by atomic mass is 19.1. The van der Waals surface area contributed by atoms with E-state index < -0.39 is 31.1 Å². The highest BCUT2D eigenvalue weighted by Gasteiger charge is 2.44. The Kier molecular flexibility index (Phi) is 4.94. The predicted molar refractivity (Wildman–Crippen MR) is 96.8 cm³/mol. The van der Waals surface area contributed by atoms with Gasteiger partial charge in [0.2, 0.25) is 0 Å². The van der Waals surface area contributed by atoms with Crippen molar-refractivity contribution in [2.24, 2.45) is 0 Å². The number of anilines is 1. The largest absolute Gasteiger partial charge is 0.394 e. The molecule has 0 bridgehead atoms. The Morgan fingerprint density at radius 2 is 1.93 bits per heavy atom. The van der Waals surface area contributed by atoms with Crippen molar-refractivity contribution in [1.29, 1.82) is 0 Å². The molecule has 1 fully saturated rings. The maximum atomic E-state index is 13.1. The van der Waals surface area contributed by atoms with Crippen LogP contribution in [0.25, 0.3) is 11.2 Å². The Labute approximate surface area is 159 Å². The van der Waals surface area contributed by atoms with Crippen LogP contribution in [0.1, 0.15) is 24.8 Å². The number of aliphatic hydroxyl groups is 3. The first-order valence-corrected chi connectivity index (χ1v) is 8.81. The van der Waals surface area contributed by atoms with Gasteiger partial charge in [-0.2, -0.15) is 0 Å². The number of nitrogens with one attached hydrogen (secondary N) is 1. The number of ether oxygens (including phenoxy) is 1. The van der Waals surface area contributed by atoms with Gasteiger partial charge in [-0.25, -0.2) is 19.3 Å². The van der Waals surface area contributed by atoms with E-state index in [0.29, 0.717) is 17.0 Å². The van der Waals surface area contributed by atoms with Crippen LogP contribution in [0.2, 0.25) is 0 Å². The third-order valence-electron chi connectivity index (χ3n) is 4.87. The van der Waals surface area contributed by atoms with Crippen LogP contribution >= 0.6 is 0 Å². The molecular weight excluding hydrogens is 369 g/mol. The minimum absolute atomic E-state index is 0.169. The molecule has 3 aromatic rings. The summed E-state index contributed by atoms with van der Waals surface area (Å²) in [6, 6.07) is 5.98. The van der Waals surface area contributed by atoms with Crippen molar-refractivity contribution in [1.82, 2.24) is 19.5 Å². The molecule has 0 saturated carbocycles. The van der Waals surface area contributed by atoms with E-state index in [1.807, 2.05) is 6.92 Å². The lowest BCUT2D eigenvalue weighted by Crippen LogP contribution is -2.33.